The van der Waals surface area contributed by atoms with E-state index in [1.165, 1.54) is 19.1 Å². The number of halogens is 6. The molecule has 0 saturated heterocycles. The number of hydrogen-bond donors (Lipinski definition) is 1. The lowest BCUT2D eigenvalue weighted by molar-refractivity contribution is -0.139. The van der Waals surface area contributed by atoms with Gasteiger partial charge in [-0.15, -0.1) is 0 Å². The molecule has 2 aromatic carbocycles. The first kappa shape index (κ1) is 32.0. The third kappa shape index (κ3) is 8.39. The number of carbonyl (C=O) groups is 2. The fourth-order valence-corrected chi connectivity index (χ4v) is 4.92. The SMILES string of the molecule is CC[C@H](C)NC(=O)[C@@H](C)N(Cc1ccc(Cl)cc1Cl)C(=O)CN(c1ccc(Cl)c(C(F)(F)F)c1)S(C)(=O)=O. The van der Waals surface area contributed by atoms with Crippen LogP contribution in [0.15, 0.2) is 36.4 Å². The second-order valence-electron chi connectivity index (χ2n) is 8.68. The summed E-state index contributed by atoms with van der Waals surface area (Å²) in [4.78, 5) is 27.5. The smallest absolute Gasteiger partial charge is 0.352 e. The number of rotatable bonds is 10. The van der Waals surface area contributed by atoms with Crippen molar-refractivity contribution in [3.63, 3.8) is 0 Å². The van der Waals surface area contributed by atoms with E-state index in [1.54, 1.807) is 13.0 Å². The molecule has 0 fully saturated rings. The molecule has 2 aromatic rings. The zero-order chi connectivity index (χ0) is 29.0. The molecular weight excluding hydrogens is 590 g/mol. The second kappa shape index (κ2) is 12.8. The molecule has 210 valence electrons. The quantitative estimate of drug-likeness (QED) is 0.368. The van der Waals surface area contributed by atoms with Crippen LogP contribution in [0.25, 0.3) is 0 Å². The van der Waals surface area contributed by atoms with Crippen molar-refractivity contribution in [3.05, 3.63) is 62.6 Å². The summed E-state index contributed by atoms with van der Waals surface area (Å²) >= 11 is 17.9. The molecule has 0 unspecified atom stereocenters. The molecule has 2 rings (SSSR count). The van der Waals surface area contributed by atoms with Crippen LogP contribution in [0.1, 0.15) is 38.3 Å². The van der Waals surface area contributed by atoms with Crippen molar-refractivity contribution in [1.29, 1.82) is 0 Å². The first-order valence-electron chi connectivity index (χ1n) is 11.3. The predicted octanol–water partition coefficient (Wildman–Crippen LogP) is 5.76. The number of alkyl halides is 3. The molecule has 0 saturated carbocycles. The third-order valence-electron chi connectivity index (χ3n) is 5.75. The number of anilines is 1. The van der Waals surface area contributed by atoms with Gasteiger partial charge in [0.15, 0.2) is 0 Å². The van der Waals surface area contributed by atoms with E-state index in [0.717, 1.165) is 23.3 Å². The van der Waals surface area contributed by atoms with Crippen LogP contribution in [0.5, 0.6) is 0 Å². The summed E-state index contributed by atoms with van der Waals surface area (Å²) in [6.07, 6.45) is -3.49. The number of carbonyl (C=O) groups excluding carboxylic acids is 2. The summed E-state index contributed by atoms with van der Waals surface area (Å²) < 4.78 is 66.0. The number of hydrogen-bond acceptors (Lipinski definition) is 4. The van der Waals surface area contributed by atoms with Crippen molar-refractivity contribution >= 4 is 62.3 Å². The van der Waals surface area contributed by atoms with Crippen molar-refractivity contribution in [3.8, 4) is 0 Å². The molecule has 0 aromatic heterocycles. The van der Waals surface area contributed by atoms with Gasteiger partial charge >= 0.3 is 6.18 Å². The molecule has 2 atom stereocenters. The van der Waals surface area contributed by atoms with E-state index in [2.05, 4.69) is 5.32 Å². The van der Waals surface area contributed by atoms with Gasteiger partial charge in [0.2, 0.25) is 21.8 Å². The lowest BCUT2D eigenvalue weighted by Crippen LogP contribution is -2.52. The van der Waals surface area contributed by atoms with Crippen LogP contribution < -0.4 is 9.62 Å². The number of amides is 2. The van der Waals surface area contributed by atoms with Crippen LogP contribution in [0.2, 0.25) is 15.1 Å². The van der Waals surface area contributed by atoms with Gasteiger partial charge in [-0.1, -0.05) is 47.8 Å². The molecule has 2 amide bonds. The summed E-state index contributed by atoms with van der Waals surface area (Å²) in [5.41, 5.74) is -1.26. The normalized spacial score (nSPS) is 13.5. The van der Waals surface area contributed by atoms with Crippen LogP contribution in [-0.4, -0.2) is 50.0 Å². The minimum Gasteiger partial charge on any atom is -0.352 e. The van der Waals surface area contributed by atoms with Crippen molar-refractivity contribution < 1.29 is 31.2 Å². The van der Waals surface area contributed by atoms with Gasteiger partial charge in [0.25, 0.3) is 0 Å². The molecule has 0 radical (unpaired) electrons. The molecule has 0 heterocycles. The van der Waals surface area contributed by atoms with E-state index in [4.69, 9.17) is 34.8 Å². The Labute approximate surface area is 234 Å². The van der Waals surface area contributed by atoms with Gasteiger partial charge in [0, 0.05) is 22.6 Å². The van der Waals surface area contributed by atoms with Gasteiger partial charge in [0.05, 0.1) is 22.5 Å². The predicted molar refractivity (Wildman–Crippen MR) is 143 cm³/mol. The maximum Gasteiger partial charge on any atom is 0.417 e. The van der Waals surface area contributed by atoms with Crippen molar-refractivity contribution in [2.24, 2.45) is 0 Å². The molecule has 0 spiro atoms. The minimum atomic E-state index is -4.86. The maximum atomic E-state index is 13.5. The molecular formula is C24H27Cl3F3N3O4S. The Morgan fingerprint density at radius 1 is 1.03 bits per heavy atom. The monoisotopic (exact) mass is 615 g/mol. The van der Waals surface area contributed by atoms with Crippen LogP contribution in [-0.2, 0) is 32.3 Å². The van der Waals surface area contributed by atoms with E-state index < -0.39 is 56.9 Å². The molecule has 0 aliphatic heterocycles. The Hall–Kier alpha value is -2.21. The zero-order valence-electron chi connectivity index (χ0n) is 20.9. The van der Waals surface area contributed by atoms with E-state index >= 15 is 0 Å². The van der Waals surface area contributed by atoms with Crippen LogP contribution >= 0.6 is 34.8 Å². The van der Waals surface area contributed by atoms with E-state index in [0.29, 0.717) is 27.4 Å². The van der Waals surface area contributed by atoms with Crippen molar-refractivity contribution in [1.82, 2.24) is 10.2 Å². The van der Waals surface area contributed by atoms with Gasteiger partial charge in [-0.25, -0.2) is 8.42 Å². The molecule has 14 heteroatoms. The number of sulfonamides is 1. The Balaban J connectivity index is 2.51. The topological polar surface area (TPSA) is 86.8 Å². The summed E-state index contributed by atoms with van der Waals surface area (Å²) in [5.74, 6) is -1.36. The Bertz CT molecular complexity index is 1290. The summed E-state index contributed by atoms with van der Waals surface area (Å²) in [6.45, 7) is 4.00. The summed E-state index contributed by atoms with van der Waals surface area (Å²) in [7, 11) is -4.25. The Morgan fingerprint density at radius 2 is 1.66 bits per heavy atom. The average molecular weight is 617 g/mol. The third-order valence-corrected chi connectivity index (χ3v) is 7.80. The molecule has 0 bridgehead atoms. The first-order valence-corrected chi connectivity index (χ1v) is 14.3. The van der Waals surface area contributed by atoms with Crippen LogP contribution in [0.4, 0.5) is 18.9 Å². The number of nitrogens with one attached hydrogen (secondary N) is 1. The molecule has 0 aliphatic rings. The lowest BCUT2D eigenvalue weighted by atomic mass is 10.1. The van der Waals surface area contributed by atoms with Crippen LogP contribution in [0, 0.1) is 0 Å². The highest BCUT2D eigenvalue weighted by atomic mass is 35.5. The van der Waals surface area contributed by atoms with Gasteiger partial charge < -0.3 is 10.2 Å². The molecule has 0 aliphatic carbocycles. The van der Waals surface area contributed by atoms with Crippen molar-refractivity contribution in [2.75, 3.05) is 17.1 Å². The van der Waals surface area contributed by atoms with Gasteiger partial charge in [0.1, 0.15) is 12.6 Å². The highest BCUT2D eigenvalue weighted by Gasteiger charge is 2.35. The van der Waals surface area contributed by atoms with E-state index in [-0.39, 0.29) is 17.6 Å². The van der Waals surface area contributed by atoms with Crippen molar-refractivity contribution in [2.45, 2.75) is 52.0 Å². The standard InChI is InChI=1S/C24H27Cl3F3N3O4S/c1-5-14(2)31-23(35)15(3)32(12-16-6-7-17(25)10-21(16)27)22(34)13-33(38(4,36)37)18-8-9-20(26)19(11-18)24(28,29)30/h6-11,14-15H,5,12-13H2,1-4H3,(H,31,35)/t14-,15+/m0/s1. The highest BCUT2D eigenvalue weighted by Crippen LogP contribution is 2.37. The average Bonchev–Trinajstić information content (AvgIpc) is 2.80. The summed E-state index contributed by atoms with van der Waals surface area (Å²) in [5, 5.41) is 2.68. The fraction of sp³-hybridized carbons (Fsp3) is 0.417. The van der Waals surface area contributed by atoms with Gasteiger partial charge in [-0.2, -0.15) is 13.2 Å². The molecule has 7 nitrogen and oxygen atoms in total. The van der Waals surface area contributed by atoms with Gasteiger partial charge in [-0.05, 0) is 56.2 Å². The Morgan fingerprint density at radius 3 is 2.18 bits per heavy atom. The Kier molecular flexibility index (Phi) is 10.7. The minimum absolute atomic E-state index is 0.198. The summed E-state index contributed by atoms with van der Waals surface area (Å²) in [6, 6.07) is 5.75. The second-order valence-corrected chi connectivity index (χ2v) is 11.8. The largest absolute Gasteiger partial charge is 0.417 e. The maximum absolute atomic E-state index is 13.5. The zero-order valence-corrected chi connectivity index (χ0v) is 24.0. The van der Waals surface area contributed by atoms with E-state index in [1.807, 2.05) is 6.92 Å². The number of benzene rings is 2. The first-order chi connectivity index (χ1) is 17.4. The van der Waals surface area contributed by atoms with E-state index in [9.17, 15) is 31.2 Å². The molecule has 1 N–H and O–H groups in total. The van der Waals surface area contributed by atoms with Crippen LogP contribution in [0.3, 0.4) is 0 Å². The lowest BCUT2D eigenvalue weighted by Gasteiger charge is -2.32. The number of nitrogens with zero attached hydrogens (tertiary/aromatic N) is 2. The fourth-order valence-electron chi connectivity index (χ4n) is 3.38. The van der Waals surface area contributed by atoms with Gasteiger partial charge in [-0.3, -0.25) is 13.9 Å². The highest BCUT2D eigenvalue weighted by molar-refractivity contribution is 7.92. The molecule has 38 heavy (non-hydrogen) atoms.